The largest absolute Gasteiger partial charge is 0.352 e. The first-order valence-corrected chi connectivity index (χ1v) is 7.80. The van der Waals surface area contributed by atoms with E-state index in [1.54, 1.807) is 18.2 Å². The minimum atomic E-state index is -3.66. The lowest BCUT2D eigenvalue weighted by atomic mass is 10.4. The lowest BCUT2D eigenvalue weighted by molar-refractivity contribution is -0.120. The van der Waals surface area contributed by atoms with E-state index in [0.717, 1.165) is 12.8 Å². The van der Waals surface area contributed by atoms with E-state index in [0.29, 0.717) is 4.47 Å². The molecule has 0 unspecified atom stereocenters. The Balaban J connectivity index is 1.98. The molecule has 1 saturated carbocycles. The molecule has 0 bridgehead atoms. The molecule has 0 aromatic heterocycles. The Morgan fingerprint density at radius 1 is 1.33 bits per heavy atom. The van der Waals surface area contributed by atoms with Crippen molar-refractivity contribution in [3.63, 3.8) is 0 Å². The summed E-state index contributed by atoms with van der Waals surface area (Å²) in [7, 11) is -3.66. The van der Waals surface area contributed by atoms with Crippen LogP contribution in [0.25, 0.3) is 0 Å². The van der Waals surface area contributed by atoms with Gasteiger partial charge in [-0.3, -0.25) is 4.79 Å². The standard InChI is InChI=1S/C11H13BrN2O3S/c12-9-3-1-2-4-10(9)18(16,17)13-7-11(15)14-8-5-6-8/h1-4,8,13H,5-7H2,(H,14,15). The first-order chi connectivity index (χ1) is 8.49. The zero-order valence-electron chi connectivity index (χ0n) is 9.52. The van der Waals surface area contributed by atoms with Crippen molar-refractivity contribution >= 4 is 31.9 Å². The fraction of sp³-hybridized carbons (Fsp3) is 0.364. The molecule has 7 heteroatoms. The highest BCUT2D eigenvalue weighted by Gasteiger charge is 2.24. The third-order valence-electron chi connectivity index (χ3n) is 2.49. The van der Waals surface area contributed by atoms with Crippen LogP contribution in [0.1, 0.15) is 12.8 Å². The highest BCUT2D eigenvalue weighted by Crippen LogP contribution is 2.21. The zero-order chi connectivity index (χ0) is 13.2. The molecule has 1 aliphatic rings. The van der Waals surface area contributed by atoms with Crippen molar-refractivity contribution in [3.8, 4) is 0 Å². The van der Waals surface area contributed by atoms with Crippen LogP contribution in [-0.2, 0) is 14.8 Å². The number of halogens is 1. The SMILES string of the molecule is O=C(CNS(=O)(=O)c1ccccc1Br)NC1CC1. The van der Waals surface area contributed by atoms with Crippen molar-refractivity contribution in [1.82, 2.24) is 10.0 Å². The summed E-state index contributed by atoms with van der Waals surface area (Å²) in [5.74, 6) is -0.298. The van der Waals surface area contributed by atoms with E-state index in [1.807, 2.05) is 0 Å². The van der Waals surface area contributed by atoms with Crippen LogP contribution in [0, 0.1) is 0 Å². The number of nitrogens with one attached hydrogen (secondary N) is 2. The minimum Gasteiger partial charge on any atom is -0.352 e. The number of hydrogen-bond acceptors (Lipinski definition) is 3. The number of amides is 1. The highest BCUT2D eigenvalue weighted by atomic mass is 79.9. The fourth-order valence-corrected chi connectivity index (χ4v) is 3.39. The number of benzene rings is 1. The van der Waals surface area contributed by atoms with Crippen LogP contribution >= 0.6 is 15.9 Å². The van der Waals surface area contributed by atoms with Crippen LogP contribution in [0.4, 0.5) is 0 Å². The summed E-state index contributed by atoms with van der Waals surface area (Å²) in [6, 6.07) is 6.70. The van der Waals surface area contributed by atoms with Crippen LogP contribution < -0.4 is 10.0 Å². The molecule has 2 N–H and O–H groups in total. The van der Waals surface area contributed by atoms with Crippen molar-refractivity contribution in [3.05, 3.63) is 28.7 Å². The topological polar surface area (TPSA) is 75.3 Å². The molecule has 2 rings (SSSR count). The van der Waals surface area contributed by atoms with Gasteiger partial charge in [0.2, 0.25) is 15.9 Å². The van der Waals surface area contributed by atoms with Crippen molar-refractivity contribution in [2.24, 2.45) is 0 Å². The minimum absolute atomic E-state index is 0.129. The normalized spacial score (nSPS) is 15.4. The lowest BCUT2D eigenvalue weighted by Gasteiger charge is -2.08. The maximum absolute atomic E-state index is 11.9. The van der Waals surface area contributed by atoms with Crippen LogP contribution in [0.3, 0.4) is 0 Å². The Bertz CT molecular complexity index is 555. The number of sulfonamides is 1. The van der Waals surface area contributed by atoms with Crippen molar-refractivity contribution in [1.29, 1.82) is 0 Å². The third-order valence-corrected chi connectivity index (χ3v) is 4.90. The molecule has 98 valence electrons. The van der Waals surface area contributed by atoms with Crippen LogP contribution in [-0.4, -0.2) is 26.9 Å². The summed E-state index contributed by atoms with van der Waals surface area (Å²) in [5.41, 5.74) is 0. The summed E-state index contributed by atoms with van der Waals surface area (Å²) in [4.78, 5) is 11.5. The van der Waals surface area contributed by atoms with Crippen LogP contribution in [0.15, 0.2) is 33.6 Å². The highest BCUT2D eigenvalue weighted by molar-refractivity contribution is 9.10. The maximum Gasteiger partial charge on any atom is 0.242 e. The molecule has 0 heterocycles. The fourth-order valence-electron chi connectivity index (χ4n) is 1.41. The molecule has 0 atom stereocenters. The molecule has 1 aromatic carbocycles. The monoisotopic (exact) mass is 332 g/mol. The van der Waals surface area contributed by atoms with Crippen LogP contribution in [0.5, 0.6) is 0 Å². The summed E-state index contributed by atoms with van der Waals surface area (Å²) in [5, 5.41) is 2.71. The van der Waals surface area contributed by atoms with E-state index >= 15 is 0 Å². The van der Waals surface area contributed by atoms with E-state index in [-0.39, 0.29) is 23.4 Å². The Morgan fingerprint density at radius 3 is 2.61 bits per heavy atom. The van der Waals surface area contributed by atoms with Gasteiger partial charge in [0.25, 0.3) is 0 Å². The number of carbonyl (C=O) groups excluding carboxylic acids is 1. The number of carbonyl (C=O) groups is 1. The number of rotatable bonds is 5. The van der Waals surface area contributed by atoms with Crippen molar-refractivity contribution < 1.29 is 13.2 Å². The van der Waals surface area contributed by atoms with Gasteiger partial charge in [0, 0.05) is 10.5 Å². The second-order valence-corrected chi connectivity index (χ2v) is 6.69. The molecule has 1 aromatic rings. The Kier molecular flexibility index (Phi) is 4.04. The van der Waals surface area contributed by atoms with E-state index in [9.17, 15) is 13.2 Å². The third kappa shape index (κ3) is 3.54. The summed E-state index contributed by atoms with van der Waals surface area (Å²) >= 11 is 3.17. The van der Waals surface area contributed by atoms with Gasteiger partial charge >= 0.3 is 0 Å². The quantitative estimate of drug-likeness (QED) is 0.844. The molecular formula is C11H13BrN2O3S. The average molecular weight is 333 g/mol. The second-order valence-electron chi connectivity index (χ2n) is 4.10. The predicted molar refractivity (Wildman–Crippen MR) is 70.5 cm³/mol. The molecular weight excluding hydrogens is 320 g/mol. The lowest BCUT2D eigenvalue weighted by Crippen LogP contribution is -2.37. The van der Waals surface area contributed by atoms with E-state index < -0.39 is 10.0 Å². The van der Waals surface area contributed by atoms with Crippen molar-refractivity contribution in [2.45, 2.75) is 23.8 Å². The van der Waals surface area contributed by atoms with E-state index in [2.05, 4.69) is 26.0 Å². The second kappa shape index (κ2) is 5.38. The summed E-state index contributed by atoms with van der Waals surface area (Å²) in [6.07, 6.45) is 1.95. The van der Waals surface area contributed by atoms with Gasteiger partial charge in [0.15, 0.2) is 0 Å². The van der Waals surface area contributed by atoms with Gasteiger partial charge in [-0.2, -0.15) is 0 Å². The van der Waals surface area contributed by atoms with Gasteiger partial charge in [-0.1, -0.05) is 12.1 Å². The molecule has 0 saturated heterocycles. The first-order valence-electron chi connectivity index (χ1n) is 5.52. The smallest absolute Gasteiger partial charge is 0.242 e. The average Bonchev–Trinajstić information content (AvgIpc) is 3.11. The van der Waals surface area contributed by atoms with Gasteiger partial charge in [-0.15, -0.1) is 0 Å². The molecule has 5 nitrogen and oxygen atoms in total. The van der Waals surface area contributed by atoms with E-state index in [1.165, 1.54) is 6.07 Å². The molecule has 1 amide bonds. The van der Waals surface area contributed by atoms with Gasteiger partial charge < -0.3 is 5.32 Å². The van der Waals surface area contributed by atoms with Crippen LogP contribution in [0.2, 0.25) is 0 Å². The van der Waals surface area contributed by atoms with Gasteiger partial charge in [0.05, 0.1) is 11.4 Å². The maximum atomic E-state index is 11.9. The Labute approximate surface area is 114 Å². The molecule has 18 heavy (non-hydrogen) atoms. The molecule has 0 aliphatic heterocycles. The van der Waals surface area contributed by atoms with Gasteiger partial charge in [-0.05, 0) is 40.9 Å². The summed E-state index contributed by atoms with van der Waals surface area (Å²) < 4.78 is 26.6. The first kappa shape index (κ1) is 13.5. The van der Waals surface area contributed by atoms with Gasteiger partial charge in [-0.25, -0.2) is 13.1 Å². The molecule has 1 aliphatic carbocycles. The molecule has 0 radical (unpaired) electrons. The Morgan fingerprint density at radius 2 is 2.00 bits per heavy atom. The molecule has 0 spiro atoms. The zero-order valence-corrected chi connectivity index (χ0v) is 11.9. The van der Waals surface area contributed by atoms with Crippen molar-refractivity contribution in [2.75, 3.05) is 6.54 Å². The summed E-state index contributed by atoms with van der Waals surface area (Å²) in [6.45, 7) is -0.236. The Hall–Kier alpha value is -0.920. The van der Waals surface area contributed by atoms with E-state index in [4.69, 9.17) is 0 Å². The van der Waals surface area contributed by atoms with Gasteiger partial charge in [0.1, 0.15) is 0 Å². The number of hydrogen-bond donors (Lipinski definition) is 2. The molecule has 1 fully saturated rings. The predicted octanol–water partition coefficient (Wildman–Crippen LogP) is 1.01.